The first kappa shape index (κ1) is 28.6. The highest BCUT2D eigenvalue weighted by atomic mass is 32.2. The van der Waals surface area contributed by atoms with Crippen molar-refractivity contribution in [3.63, 3.8) is 0 Å². The summed E-state index contributed by atoms with van der Waals surface area (Å²) in [6.45, 7) is 0.0664. The van der Waals surface area contributed by atoms with E-state index in [4.69, 9.17) is 9.84 Å². The fourth-order valence-electron chi connectivity index (χ4n) is 3.30. The predicted octanol–water partition coefficient (Wildman–Crippen LogP) is 6.25. The zero-order valence-corrected chi connectivity index (χ0v) is 22.0. The number of aliphatic carboxylic acids is 1. The number of hydrogen-bond acceptors (Lipinski definition) is 6. The number of hydrogen-bond donors (Lipinski definition) is 1. The summed E-state index contributed by atoms with van der Waals surface area (Å²) in [5, 5.41) is 9.60. The Bertz CT molecular complexity index is 1240. The maximum Gasteiger partial charge on any atom is 0.416 e. The smallest absolute Gasteiger partial charge is 0.416 e. The zero-order chi connectivity index (χ0) is 27.0. The number of ether oxygens (including phenoxy) is 1. The van der Waals surface area contributed by atoms with E-state index >= 15 is 0 Å². The van der Waals surface area contributed by atoms with Crippen LogP contribution in [0.25, 0.3) is 10.9 Å². The average Bonchev–Trinajstić information content (AvgIpc) is 2.85. The van der Waals surface area contributed by atoms with Crippen LogP contribution in [0, 0.1) is 0 Å². The maximum absolute atomic E-state index is 13.1. The van der Waals surface area contributed by atoms with Crippen LogP contribution in [0.1, 0.15) is 34.2 Å². The van der Waals surface area contributed by atoms with Gasteiger partial charge in [0.1, 0.15) is 12.4 Å². The standard InChI is InChI=1S/C26H27F3N2O4S2/c1-31(2)23(32)10-12-36-25(37-13-11-24(33)34)18-4-3-5-21(14-18)35-16-20-9-7-17-6-8-19(26(27,28)29)15-22(17)30-20/h3-9,14-15,25H,10-13,16H2,1-2H3,(H,33,34). The topological polar surface area (TPSA) is 79.7 Å². The molecule has 1 unspecified atom stereocenters. The Kier molecular flexibility index (Phi) is 10.1. The number of benzene rings is 2. The van der Waals surface area contributed by atoms with E-state index in [0.29, 0.717) is 34.8 Å². The molecule has 0 fully saturated rings. The molecule has 0 radical (unpaired) electrons. The number of carbonyl (C=O) groups is 2. The summed E-state index contributed by atoms with van der Waals surface area (Å²) in [6, 6.07) is 14.2. The van der Waals surface area contributed by atoms with E-state index in [0.717, 1.165) is 17.7 Å². The molecule has 0 saturated carbocycles. The van der Waals surface area contributed by atoms with Crippen LogP contribution in [0.15, 0.2) is 54.6 Å². The van der Waals surface area contributed by atoms with Crippen molar-refractivity contribution in [3.05, 3.63) is 71.4 Å². The Labute approximate surface area is 221 Å². The molecule has 1 N–H and O–H groups in total. The number of aromatic nitrogens is 1. The molecule has 3 aromatic rings. The summed E-state index contributed by atoms with van der Waals surface area (Å²) in [4.78, 5) is 28.8. The van der Waals surface area contributed by atoms with Gasteiger partial charge in [0.05, 0.1) is 27.8 Å². The summed E-state index contributed by atoms with van der Waals surface area (Å²) in [5.41, 5.74) is 0.885. The molecule has 0 spiro atoms. The quantitative estimate of drug-likeness (QED) is 0.266. The Morgan fingerprint density at radius 2 is 1.73 bits per heavy atom. The van der Waals surface area contributed by atoms with Crippen molar-refractivity contribution in [2.45, 2.75) is 30.2 Å². The third-order valence-electron chi connectivity index (χ3n) is 5.26. The SMILES string of the molecule is CN(C)C(=O)CCSC(SCCC(=O)O)c1cccc(OCc2ccc3ccc(C(F)(F)F)cc3n2)c1. The van der Waals surface area contributed by atoms with Gasteiger partial charge in [-0.3, -0.25) is 9.59 Å². The van der Waals surface area contributed by atoms with E-state index in [1.165, 1.54) is 22.7 Å². The van der Waals surface area contributed by atoms with Gasteiger partial charge in [-0.05, 0) is 35.9 Å². The van der Waals surface area contributed by atoms with Gasteiger partial charge in [-0.2, -0.15) is 13.2 Å². The molecule has 0 aliphatic heterocycles. The van der Waals surface area contributed by atoms with Crippen LogP contribution in [0.5, 0.6) is 5.75 Å². The Morgan fingerprint density at radius 3 is 2.41 bits per heavy atom. The average molecular weight is 553 g/mol. The van der Waals surface area contributed by atoms with Gasteiger partial charge in [0.2, 0.25) is 5.91 Å². The van der Waals surface area contributed by atoms with Crippen molar-refractivity contribution in [1.82, 2.24) is 9.88 Å². The highest BCUT2D eigenvalue weighted by Crippen LogP contribution is 2.41. The van der Waals surface area contributed by atoms with Gasteiger partial charge in [0, 0.05) is 37.4 Å². The van der Waals surface area contributed by atoms with E-state index in [1.807, 2.05) is 18.2 Å². The molecule has 6 nitrogen and oxygen atoms in total. The molecule has 1 atom stereocenters. The number of alkyl halides is 3. The van der Waals surface area contributed by atoms with Crippen molar-refractivity contribution in [2.24, 2.45) is 0 Å². The molecule has 11 heteroatoms. The molecule has 198 valence electrons. The van der Waals surface area contributed by atoms with E-state index in [-0.39, 0.29) is 29.0 Å². The van der Waals surface area contributed by atoms with Crippen LogP contribution in [0.2, 0.25) is 0 Å². The molecule has 0 aliphatic rings. The summed E-state index contributed by atoms with van der Waals surface area (Å²) in [6.07, 6.45) is -4.05. The summed E-state index contributed by atoms with van der Waals surface area (Å²) >= 11 is 3.05. The van der Waals surface area contributed by atoms with Gasteiger partial charge in [-0.15, -0.1) is 23.5 Å². The second-order valence-electron chi connectivity index (χ2n) is 8.32. The number of amides is 1. The third-order valence-corrected chi connectivity index (χ3v) is 8.11. The lowest BCUT2D eigenvalue weighted by Gasteiger charge is -2.18. The van der Waals surface area contributed by atoms with Gasteiger partial charge in [0.15, 0.2) is 0 Å². The molecule has 3 rings (SSSR count). The fourth-order valence-corrected chi connectivity index (χ4v) is 5.95. The third kappa shape index (κ3) is 8.85. The van der Waals surface area contributed by atoms with Gasteiger partial charge >= 0.3 is 12.1 Å². The summed E-state index contributed by atoms with van der Waals surface area (Å²) < 4.78 is 45.0. The molecule has 2 aromatic carbocycles. The molecule has 1 aromatic heterocycles. The second-order valence-corrected chi connectivity index (χ2v) is 11.0. The Morgan fingerprint density at radius 1 is 1.03 bits per heavy atom. The van der Waals surface area contributed by atoms with E-state index < -0.39 is 17.7 Å². The van der Waals surface area contributed by atoms with Crippen LogP contribution in [0.4, 0.5) is 13.2 Å². The number of carboxylic acids is 1. The normalized spacial score (nSPS) is 12.4. The van der Waals surface area contributed by atoms with Crippen molar-refractivity contribution in [2.75, 3.05) is 25.6 Å². The molecule has 0 aliphatic carbocycles. The van der Waals surface area contributed by atoms with Crippen LogP contribution >= 0.6 is 23.5 Å². The molecule has 0 bridgehead atoms. The van der Waals surface area contributed by atoms with Crippen molar-refractivity contribution < 1.29 is 32.6 Å². The first-order valence-electron chi connectivity index (χ1n) is 11.4. The summed E-state index contributed by atoms with van der Waals surface area (Å²) in [7, 11) is 3.40. The number of halogens is 3. The van der Waals surface area contributed by atoms with Gasteiger partial charge in [-0.1, -0.05) is 24.3 Å². The second kappa shape index (κ2) is 13.0. The van der Waals surface area contributed by atoms with Crippen LogP contribution in [-0.4, -0.2) is 52.5 Å². The Balaban J connectivity index is 1.70. The zero-order valence-electron chi connectivity index (χ0n) is 20.3. The number of thioether (sulfide) groups is 2. The fraction of sp³-hybridized carbons (Fsp3) is 0.346. The number of fused-ring (bicyclic) bond motifs is 1. The predicted molar refractivity (Wildman–Crippen MR) is 141 cm³/mol. The molecule has 1 amide bonds. The molecule has 37 heavy (non-hydrogen) atoms. The van der Waals surface area contributed by atoms with Gasteiger partial charge in [0.25, 0.3) is 0 Å². The lowest BCUT2D eigenvalue weighted by atomic mass is 10.1. The Hall–Kier alpha value is -2.92. The first-order chi connectivity index (χ1) is 17.5. The molecule has 1 heterocycles. The molecular weight excluding hydrogens is 525 g/mol. The number of nitrogens with zero attached hydrogens (tertiary/aromatic N) is 2. The van der Waals surface area contributed by atoms with E-state index in [2.05, 4.69) is 4.98 Å². The monoisotopic (exact) mass is 552 g/mol. The van der Waals surface area contributed by atoms with Crippen LogP contribution < -0.4 is 4.74 Å². The molecular formula is C26H27F3N2O4S2. The number of rotatable bonds is 12. The van der Waals surface area contributed by atoms with Crippen molar-refractivity contribution in [1.29, 1.82) is 0 Å². The molecule has 0 saturated heterocycles. The van der Waals surface area contributed by atoms with Gasteiger partial charge in [-0.25, -0.2) is 4.98 Å². The minimum absolute atomic E-state index is 0.0177. The number of carboxylic acid groups (broad SMARTS) is 1. The maximum atomic E-state index is 13.1. The minimum atomic E-state index is -4.44. The highest BCUT2D eigenvalue weighted by Gasteiger charge is 2.30. The van der Waals surface area contributed by atoms with Crippen molar-refractivity contribution >= 4 is 46.3 Å². The minimum Gasteiger partial charge on any atom is -0.487 e. The first-order valence-corrected chi connectivity index (χ1v) is 13.5. The van der Waals surface area contributed by atoms with Crippen molar-refractivity contribution in [3.8, 4) is 5.75 Å². The highest BCUT2D eigenvalue weighted by molar-refractivity contribution is 8.16. The lowest BCUT2D eigenvalue weighted by molar-refractivity contribution is -0.138. The number of carbonyl (C=O) groups excluding carboxylic acids is 1. The van der Waals surface area contributed by atoms with E-state index in [9.17, 15) is 22.8 Å². The van der Waals surface area contributed by atoms with Gasteiger partial charge < -0.3 is 14.7 Å². The largest absolute Gasteiger partial charge is 0.487 e. The summed E-state index contributed by atoms with van der Waals surface area (Å²) in [5.74, 6) is 0.691. The number of pyridine rings is 1. The van der Waals surface area contributed by atoms with E-state index in [1.54, 1.807) is 44.1 Å². The van der Waals surface area contributed by atoms with Crippen LogP contribution in [-0.2, 0) is 22.4 Å². The van der Waals surface area contributed by atoms with Crippen LogP contribution in [0.3, 0.4) is 0 Å². The lowest BCUT2D eigenvalue weighted by Crippen LogP contribution is -2.21.